The maximum atomic E-state index is 12.9. The zero-order chi connectivity index (χ0) is 19.7. The number of benzene rings is 2. The number of pyridine rings is 1. The van der Waals surface area contributed by atoms with Crippen molar-refractivity contribution in [2.24, 2.45) is 5.92 Å². The van der Waals surface area contributed by atoms with Gasteiger partial charge in [-0.05, 0) is 23.8 Å². The van der Waals surface area contributed by atoms with E-state index in [1.54, 1.807) is 18.2 Å². The Morgan fingerprint density at radius 1 is 1.11 bits per heavy atom. The molecule has 3 aromatic rings. The number of carbonyl (C=O) groups excluding carboxylic acids is 1. The van der Waals surface area contributed by atoms with Gasteiger partial charge in [0.2, 0.25) is 5.88 Å². The van der Waals surface area contributed by atoms with Crippen molar-refractivity contribution in [2.45, 2.75) is 13.0 Å². The molecule has 2 atom stereocenters. The lowest BCUT2D eigenvalue weighted by Crippen LogP contribution is -2.29. The van der Waals surface area contributed by atoms with Gasteiger partial charge in [0.25, 0.3) is 5.69 Å². The van der Waals surface area contributed by atoms with Crippen LogP contribution in [-0.4, -0.2) is 15.7 Å². The van der Waals surface area contributed by atoms with Crippen molar-refractivity contribution in [3.05, 3.63) is 88.1 Å². The smallest absolute Gasteiger partial charge is 0.287 e. The molecule has 0 radical (unpaired) electrons. The van der Waals surface area contributed by atoms with Gasteiger partial charge in [-0.15, -0.1) is 0 Å². The Kier molecular flexibility index (Phi) is 4.49. The van der Waals surface area contributed by atoms with E-state index in [-0.39, 0.29) is 29.4 Å². The first kappa shape index (κ1) is 17.7. The third-order valence-corrected chi connectivity index (χ3v) is 4.62. The van der Waals surface area contributed by atoms with Gasteiger partial charge in [0.15, 0.2) is 5.78 Å². The molecular weight excluding hydrogens is 360 g/mol. The van der Waals surface area contributed by atoms with Crippen LogP contribution in [0.25, 0.3) is 0 Å². The molecule has 140 valence electrons. The van der Waals surface area contributed by atoms with Gasteiger partial charge in [-0.2, -0.15) is 0 Å². The summed E-state index contributed by atoms with van der Waals surface area (Å²) in [7, 11) is 0. The minimum Gasteiger partial charge on any atom is -0.484 e. The third kappa shape index (κ3) is 3.29. The van der Waals surface area contributed by atoms with Gasteiger partial charge in [0, 0.05) is 12.1 Å². The van der Waals surface area contributed by atoms with Crippen LogP contribution in [0.4, 0.5) is 5.69 Å². The van der Waals surface area contributed by atoms with E-state index in [0.717, 1.165) is 11.8 Å². The second-order valence-corrected chi connectivity index (χ2v) is 6.47. The largest absolute Gasteiger partial charge is 0.484 e. The van der Waals surface area contributed by atoms with Crippen LogP contribution < -0.4 is 9.47 Å². The summed E-state index contributed by atoms with van der Waals surface area (Å²) in [5.41, 5.74) is 1.27. The summed E-state index contributed by atoms with van der Waals surface area (Å²) >= 11 is 0. The highest BCUT2D eigenvalue weighted by Gasteiger charge is 2.35. The number of fused-ring (bicyclic) bond motifs is 1. The second-order valence-electron chi connectivity index (χ2n) is 6.47. The van der Waals surface area contributed by atoms with Crippen LogP contribution in [-0.2, 0) is 0 Å². The number of carbonyl (C=O) groups is 1. The summed E-state index contributed by atoms with van der Waals surface area (Å²) in [5, 5.41) is 10.7. The first-order chi connectivity index (χ1) is 13.5. The molecule has 0 N–H and O–H groups in total. The van der Waals surface area contributed by atoms with Gasteiger partial charge in [0.05, 0.1) is 16.4 Å². The van der Waals surface area contributed by atoms with E-state index in [1.165, 1.54) is 12.1 Å². The topological polar surface area (TPSA) is 91.6 Å². The van der Waals surface area contributed by atoms with Crippen LogP contribution in [0.15, 0.2) is 66.9 Å². The Hall–Kier alpha value is -3.74. The van der Waals surface area contributed by atoms with Gasteiger partial charge in [0.1, 0.15) is 23.8 Å². The highest BCUT2D eigenvalue weighted by Crippen LogP contribution is 2.40. The van der Waals surface area contributed by atoms with Crippen LogP contribution in [0, 0.1) is 16.0 Å². The highest BCUT2D eigenvalue weighted by atomic mass is 16.6. The van der Waals surface area contributed by atoms with E-state index >= 15 is 0 Å². The van der Waals surface area contributed by atoms with Crippen LogP contribution in [0.1, 0.15) is 28.9 Å². The van der Waals surface area contributed by atoms with Crippen molar-refractivity contribution < 1.29 is 19.2 Å². The average Bonchev–Trinajstić information content (AvgIpc) is 2.72. The Labute approximate surface area is 160 Å². The summed E-state index contributed by atoms with van der Waals surface area (Å²) in [4.78, 5) is 27.0. The molecule has 2 aromatic carbocycles. The zero-order valence-corrected chi connectivity index (χ0v) is 14.9. The molecule has 1 aliphatic rings. The molecule has 7 nitrogen and oxygen atoms in total. The van der Waals surface area contributed by atoms with Crippen LogP contribution in [0.2, 0.25) is 0 Å². The quantitative estimate of drug-likeness (QED) is 0.483. The minimum absolute atomic E-state index is 0.0304. The van der Waals surface area contributed by atoms with Gasteiger partial charge >= 0.3 is 0 Å². The zero-order valence-electron chi connectivity index (χ0n) is 14.9. The van der Waals surface area contributed by atoms with Gasteiger partial charge in [-0.1, -0.05) is 37.3 Å². The number of aromatic nitrogens is 1. The summed E-state index contributed by atoms with van der Waals surface area (Å²) in [6, 6.07) is 17.3. The molecule has 0 aliphatic carbocycles. The molecule has 0 bridgehead atoms. The SMILES string of the molecule is CC1C(=O)c2cc(Oc3ccc([N+](=O)[O-])cn3)ccc2OC1c1ccccc1. The fourth-order valence-corrected chi connectivity index (χ4v) is 3.15. The highest BCUT2D eigenvalue weighted by molar-refractivity contribution is 6.01. The molecule has 2 heterocycles. The third-order valence-electron chi connectivity index (χ3n) is 4.62. The molecule has 0 amide bonds. The molecule has 0 saturated heterocycles. The Morgan fingerprint density at radius 3 is 2.57 bits per heavy atom. The monoisotopic (exact) mass is 376 g/mol. The van der Waals surface area contributed by atoms with Gasteiger partial charge in [-0.25, -0.2) is 4.98 Å². The number of rotatable bonds is 4. The van der Waals surface area contributed by atoms with Gasteiger partial charge in [-0.3, -0.25) is 14.9 Å². The molecule has 0 fully saturated rings. The van der Waals surface area contributed by atoms with Crippen molar-refractivity contribution >= 4 is 11.5 Å². The molecule has 4 rings (SSSR count). The second kappa shape index (κ2) is 7.11. The van der Waals surface area contributed by atoms with Crippen molar-refractivity contribution in [1.82, 2.24) is 4.98 Å². The molecule has 0 spiro atoms. The summed E-state index contributed by atoms with van der Waals surface area (Å²) in [6.07, 6.45) is 0.776. The average molecular weight is 376 g/mol. The summed E-state index contributed by atoms with van der Waals surface area (Å²) in [5.74, 6) is 0.730. The number of hydrogen-bond donors (Lipinski definition) is 0. The van der Waals surface area contributed by atoms with Crippen LogP contribution in [0.5, 0.6) is 17.4 Å². The number of hydrogen-bond acceptors (Lipinski definition) is 6. The molecule has 28 heavy (non-hydrogen) atoms. The predicted octanol–water partition coefficient (Wildman–Crippen LogP) is 4.73. The maximum Gasteiger partial charge on any atom is 0.287 e. The van der Waals surface area contributed by atoms with E-state index in [4.69, 9.17) is 9.47 Å². The molecule has 7 heteroatoms. The number of nitro groups is 1. The minimum atomic E-state index is -0.532. The van der Waals surface area contributed by atoms with Crippen molar-refractivity contribution in [3.8, 4) is 17.4 Å². The molecular formula is C21H16N2O5. The number of ketones is 1. The lowest BCUT2D eigenvalue weighted by atomic mass is 9.87. The van der Waals surface area contributed by atoms with Crippen molar-refractivity contribution in [3.63, 3.8) is 0 Å². The van der Waals surface area contributed by atoms with E-state index in [0.29, 0.717) is 17.1 Å². The lowest BCUT2D eigenvalue weighted by Gasteiger charge is -2.31. The number of nitrogens with zero attached hydrogens (tertiary/aromatic N) is 2. The van der Waals surface area contributed by atoms with E-state index in [9.17, 15) is 14.9 Å². The molecule has 1 aliphatic heterocycles. The van der Waals surface area contributed by atoms with Crippen LogP contribution >= 0.6 is 0 Å². The normalized spacial score (nSPS) is 18.1. The maximum absolute atomic E-state index is 12.9. The van der Waals surface area contributed by atoms with Gasteiger partial charge < -0.3 is 9.47 Å². The van der Waals surface area contributed by atoms with Crippen molar-refractivity contribution in [2.75, 3.05) is 0 Å². The fourth-order valence-electron chi connectivity index (χ4n) is 3.15. The first-order valence-electron chi connectivity index (χ1n) is 8.71. The van der Waals surface area contributed by atoms with E-state index < -0.39 is 4.92 Å². The summed E-state index contributed by atoms with van der Waals surface area (Å²) in [6.45, 7) is 1.84. The van der Waals surface area contributed by atoms with Crippen molar-refractivity contribution in [1.29, 1.82) is 0 Å². The Balaban J connectivity index is 1.59. The van der Waals surface area contributed by atoms with E-state index in [1.807, 2.05) is 37.3 Å². The standard InChI is InChI=1S/C21H16N2O5/c1-13-20(24)17-11-16(27-19-10-7-15(12-22-19)23(25)26)8-9-18(17)28-21(13)14-5-3-2-4-6-14/h2-13,21H,1H3. The van der Waals surface area contributed by atoms with E-state index in [2.05, 4.69) is 4.98 Å². The Morgan fingerprint density at radius 2 is 1.89 bits per heavy atom. The van der Waals surface area contributed by atoms with Crippen LogP contribution in [0.3, 0.4) is 0 Å². The fraction of sp³-hybridized carbons (Fsp3) is 0.143. The number of ether oxygens (including phenoxy) is 2. The lowest BCUT2D eigenvalue weighted by molar-refractivity contribution is -0.385. The molecule has 1 aromatic heterocycles. The summed E-state index contributed by atoms with van der Waals surface area (Å²) < 4.78 is 11.7. The number of Topliss-reactive ketones (excluding diaryl/α,β-unsaturated/α-hetero) is 1. The molecule has 0 saturated carbocycles. The Bertz CT molecular complexity index is 1030. The first-order valence-corrected chi connectivity index (χ1v) is 8.71. The predicted molar refractivity (Wildman–Crippen MR) is 101 cm³/mol. The molecule has 2 unspecified atom stereocenters.